The molecule has 0 radical (unpaired) electrons. The van der Waals surface area contributed by atoms with Crippen LogP contribution in [0.2, 0.25) is 5.02 Å². The number of hydrogen-bond donors (Lipinski definition) is 2. The fourth-order valence-corrected chi connectivity index (χ4v) is 1.89. The van der Waals surface area contributed by atoms with Gasteiger partial charge < -0.3 is 10.1 Å². The molecule has 15 heavy (non-hydrogen) atoms. The van der Waals surface area contributed by atoms with Gasteiger partial charge in [0.25, 0.3) is 0 Å². The Hall–Kier alpha value is -1.48. The molecule has 0 fully saturated rings. The van der Waals surface area contributed by atoms with E-state index in [9.17, 15) is 4.79 Å². The summed E-state index contributed by atoms with van der Waals surface area (Å²) in [5.74, 6) is -1.000. The van der Waals surface area contributed by atoms with E-state index in [4.69, 9.17) is 16.7 Å². The van der Waals surface area contributed by atoms with E-state index in [1.807, 2.05) is 13.8 Å². The van der Waals surface area contributed by atoms with Gasteiger partial charge in [0, 0.05) is 16.6 Å². The average molecular weight is 224 g/mol. The van der Waals surface area contributed by atoms with Crippen molar-refractivity contribution < 1.29 is 9.90 Å². The van der Waals surface area contributed by atoms with Crippen LogP contribution in [0.5, 0.6) is 0 Å². The number of halogens is 1. The van der Waals surface area contributed by atoms with Crippen molar-refractivity contribution in [2.75, 3.05) is 0 Å². The van der Waals surface area contributed by atoms with Crippen molar-refractivity contribution in [1.29, 1.82) is 0 Å². The summed E-state index contributed by atoms with van der Waals surface area (Å²) in [6, 6.07) is 3.26. The molecule has 0 saturated heterocycles. The van der Waals surface area contributed by atoms with E-state index < -0.39 is 5.97 Å². The van der Waals surface area contributed by atoms with E-state index in [-0.39, 0.29) is 10.6 Å². The molecule has 1 aromatic heterocycles. The molecule has 78 valence electrons. The molecule has 0 aliphatic heterocycles. The lowest BCUT2D eigenvalue weighted by Crippen LogP contribution is -1.96. The molecule has 0 unspecified atom stereocenters. The van der Waals surface area contributed by atoms with Crippen LogP contribution in [0.3, 0.4) is 0 Å². The third kappa shape index (κ3) is 1.49. The second-order valence-corrected chi connectivity index (χ2v) is 3.96. The molecule has 0 aliphatic carbocycles. The molecule has 2 aromatic rings. The third-order valence-electron chi connectivity index (χ3n) is 2.63. The summed E-state index contributed by atoms with van der Waals surface area (Å²) < 4.78 is 0. The molecule has 4 heteroatoms. The summed E-state index contributed by atoms with van der Waals surface area (Å²) in [6.07, 6.45) is 0. The highest BCUT2D eigenvalue weighted by Gasteiger charge is 2.13. The van der Waals surface area contributed by atoms with Gasteiger partial charge in [0.2, 0.25) is 0 Å². The van der Waals surface area contributed by atoms with Crippen molar-refractivity contribution in [1.82, 2.24) is 4.98 Å². The molecule has 0 saturated carbocycles. The Balaban J connectivity index is 2.83. The number of benzene rings is 1. The Morgan fingerprint density at radius 1 is 1.40 bits per heavy atom. The average Bonchev–Trinajstić information content (AvgIpc) is 2.41. The number of nitrogens with one attached hydrogen (secondary N) is 1. The highest BCUT2D eigenvalue weighted by molar-refractivity contribution is 6.34. The maximum absolute atomic E-state index is 10.9. The highest BCUT2D eigenvalue weighted by atomic mass is 35.5. The third-order valence-corrected chi connectivity index (χ3v) is 2.94. The van der Waals surface area contributed by atoms with Crippen LogP contribution in [-0.2, 0) is 0 Å². The Labute approximate surface area is 91.7 Å². The molecule has 0 aliphatic rings. The predicted molar refractivity (Wildman–Crippen MR) is 59.7 cm³/mol. The number of carboxylic acids is 1. The minimum Gasteiger partial charge on any atom is -0.478 e. The summed E-state index contributed by atoms with van der Waals surface area (Å²) in [4.78, 5) is 14.0. The Morgan fingerprint density at radius 2 is 2.07 bits per heavy atom. The first kappa shape index (κ1) is 10.1. The zero-order valence-electron chi connectivity index (χ0n) is 8.39. The number of rotatable bonds is 1. The summed E-state index contributed by atoms with van der Waals surface area (Å²) in [6.45, 7) is 3.90. The van der Waals surface area contributed by atoms with Crippen molar-refractivity contribution >= 4 is 28.5 Å². The topological polar surface area (TPSA) is 53.1 Å². The smallest absolute Gasteiger partial charge is 0.337 e. The summed E-state index contributed by atoms with van der Waals surface area (Å²) in [5.41, 5.74) is 3.11. The molecular formula is C11H10ClNO2. The number of aromatic amines is 1. The van der Waals surface area contributed by atoms with Crippen LogP contribution in [0, 0.1) is 13.8 Å². The van der Waals surface area contributed by atoms with E-state index in [2.05, 4.69) is 4.98 Å². The normalized spacial score (nSPS) is 10.9. The number of aromatic carboxylic acids is 1. The van der Waals surface area contributed by atoms with Gasteiger partial charge in [0.15, 0.2) is 0 Å². The molecule has 0 spiro atoms. The van der Waals surface area contributed by atoms with Crippen LogP contribution in [0.4, 0.5) is 0 Å². The van der Waals surface area contributed by atoms with Gasteiger partial charge in [-0.1, -0.05) is 11.6 Å². The first-order valence-corrected chi connectivity index (χ1v) is 4.90. The van der Waals surface area contributed by atoms with Crippen LogP contribution < -0.4 is 0 Å². The second-order valence-electron chi connectivity index (χ2n) is 3.56. The van der Waals surface area contributed by atoms with Crippen molar-refractivity contribution in [2.24, 2.45) is 0 Å². The fraction of sp³-hybridized carbons (Fsp3) is 0.182. The number of carboxylic acid groups (broad SMARTS) is 1. The summed E-state index contributed by atoms with van der Waals surface area (Å²) in [7, 11) is 0. The number of carbonyl (C=O) groups is 1. The molecular weight excluding hydrogens is 214 g/mol. The molecule has 0 amide bonds. The van der Waals surface area contributed by atoms with Crippen LogP contribution in [0.25, 0.3) is 10.9 Å². The van der Waals surface area contributed by atoms with E-state index in [0.717, 1.165) is 22.2 Å². The van der Waals surface area contributed by atoms with Crippen molar-refractivity contribution in [3.8, 4) is 0 Å². The maximum Gasteiger partial charge on any atom is 0.337 e. The molecule has 0 atom stereocenters. The molecule has 2 rings (SSSR count). The number of hydrogen-bond acceptors (Lipinski definition) is 1. The van der Waals surface area contributed by atoms with E-state index in [0.29, 0.717) is 0 Å². The molecule has 2 N–H and O–H groups in total. The van der Waals surface area contributed by atoms with E-state index in [1.165, 1.54) is 0 Å². The molecule has 1 aromatic carbocycles. The quantitative estimate of drug-likeness (QED) is 0.780. The number of aryl methyl sites for hydroxylation is 2. The zero-order valence-corrected chi connectivity index (χ0v) is 9.14. The molecule has 1 heterocycles. The lowest BCUT2D eigenvalue weighted by atomic mass is 10.1. The van der Waals surface area contributed by atoms with Gasteiger partial charge in [0.1, 0.15) is 0 Å². The Morgan fingerprint density at radius 3 is 2.67 bits per heavy atom. The van der Waals surface area contributed by atoms with Crippen LogP contribution in [-0.4, -0.2) is 16.1 Å². The van der Waals surface area contributed by atoms with Crippen molar-refractivity contribution in [3.05, 3.63) is 34.0 Å². The van der Waals surface area contributed by atoms with Gasteiger partial charge in [-0.05, 0) is 31.5 Å². The van der Waals surface area contributed by atoms with Gasteiger partial charge in [-0.3, -0.25) is 0 Å². The van der Waals surface area contributed by atoms with E-state index in [1.54, 1.807) is 12.1 Å². The Bertz CT molecular complexity index is 557. The number of aromatic nitrogens is 1. The fourth-order valence-electron chi connectivity index (χ4n) is 1.65. The minimum atomic E-state index is -1.000. The minimum absolute atomic E-state index is 0.145. The van der Waals surface area contributed by atoms with Gasteiger partial charge in [0.05, 0.1) is 10.6 Å². The van der Waals surface area contributed by atoms with Crippen LogP contribution >= 0.6 is 11.6 Å². The number of H-pyrrole nitrogens is 1. The SMILES string of the molecule is Cc1[nH]c2cc(Cl)c(C(=O)O)cc2c1C. The predicted octanol–water partition coefficient (Wildman–Crippen LogP) is 3.14. The lowest BCUT2D eigenvalue weighted by molar-refractivity contribution is 0.0697. The first-order valence-electron chi connectivity index (χ1n) is 4.52. The van der Waals surface area contributed by atoms with Gasteiger partial charge >= 0.3 is 5.97 Å². The van der Waals surface area contributed by atoms with Crippen molar-refractivity contribution in [3.63, 3.8) is 0 Å². The Kier molecular flexibility index (Phi) is 2.20. The molecule has 0 bridgehead atoms. The first-order chi connectivity index (χ1) is 7.00. The summed E-state index contributed by atoms with van der Waals surface area (Å²) >= 11 is 5.86. The molecule has 3 nitrogen and oxygen atoms in total. The summed E-state index contributed by atoms with van der Waals surface area (Å²) in [5, 5.41) is 10.1. The van der Waals surface area contributed by atoms with Gasteiger partial charge in [-0.2, -0.15) is 0 Å². The van der Waals surface area contributed by atoms with Crippen molar-refractivity contribution in [2.45, 2.75) is 13.8 Å². The number of fused-ring (bicyclic) bond motifs is 1. The van der Waals surface area contributed by atoms with Gasteiger partial charge in [-0.15, -0.1) is 0 Å². The second kappa shape index (κ2) is 3.28. The van der Waals surface area contributed by atoms with E-state index >= 15 is 0 Å². The highest BCUT2D eigenvalue weighted by Crippen LogP contribution is 2.27. The standard InChI is InChI=1S/C11H10ClNO2/c1-5-6(2)13-10-4-9(12)8(11(14)15)3-7(5)10/h3-4,13H,1-2H3,(H,14,15). The van der Waals surface area contributed by atoms with Crippen LogP contribution in [0.1, 0.15) is 21.6 Å². The monoisotopic (exact) mass is 223 g/mol. The van der Waals surface area contributed by atoms with Gasteiger partial charge in [-0.25, -0.2) is 4.79 Å². The lowest BCUT2D eigenvalue weighted by Gasteiger charge is -1.99. The maximum atomic E-state index is 10.9. The zero-order chi connectivity index (χ0) is 11.2. The van der Waals surface area contributed by atoms with Crippen LogP contribution in [0.15, 0.2) is 12.1 Å². The largest absolute Gasteiger partial charge is 0.478 e.